The summed E-state index contributed by atoms with van der Waals surface area (Å²) in [7, 11) is 0. The Morgan fingerprint density at radius 2 is 2.20 bits per heavy atom. The van der Waals surface area contributed by atoms with E-state index in [0.29, 0.717) is 5.69 Å². The number of pyridine rings is 1. The minimum Gasteiger partial charge on any atom is -0.302 e. The van der Waals surface area contributed by atoms with Gasteiger partial charge in [0.25, 0.3) is 11.5 Å². The predicted octanol–water partition coefficient (Wildman–Crippen LogP) is 0.600. The molecule has 7 nitrogen and oxygen atoms in total. The standard InChI is InChI=1S/C12H11N5O2S/c1-7-6-9(18)15-11(14-7)17-12(20)16-10(19)8-4-2-3-5-13-8/h2-6H,1H3,(H3,14,15,16,17,18,19,20). The zero-order valence-electron chi connectivity index (χ0n) is 10.5. The Morgan fingerprint density at radius 1 is 1.40 bits per heavy atom. The lowest BCUT2D eigenvalue weighted by Gasteiger charge is -2.08. The van der Waals surface area contributed by atoms with Crippen LogP contribution in [0.25, 0.3) is 0 Å². The Hall–Kier alpha value is -2.61. The van der Waals surface area contributed by atoms with Crippen LogP contribution in [0.5, 0.6) is 0 Å². The number of anilines is 1. The van der Waals surface area contributed by atoms with Gasteiger partial charge in [0, 0.05) is 18.0 Å². The van der Waals surface area contributed by atoms with Crippen molar-refractivity contribution in [2.24, 2.45) is 0 Å². The number of amides is 1. The van der Waals surface area contributed by atoms with E-state index in [-0.39, 0.29) is 22.3 Å². The van der Waals surface area contributed by atoms with E-state index in [1.807, 2.05) is 0 Å². The second-order valence-electron chi connectivity index (χ2n) is 3.86. The van der Waals surface area contributed by atoms with Crippen LogP contribution in [0.15, 0.2) is 35.3 Å². The van der Waals surface area contributed by atoms with Gasteiger partial charge in [0.05, 0.1) is 0 Å². The highest BCUT2D eigenvalue weighted by Crippen LogP contribution is 1.97. The van der Waals surface area contributed by atoms with Gasteiger partial charge in [-0.15, -0.1) is 0 Å². The lowest BCUT2D eigenvalue weighted by atomic mass is 10.3. The van der Waals surface area contributed by atoms with Crippen molar-refractivity contribution in [2.75, 3.05) is 5.32 Å². The zero-order valence-corrected chi connectivity index (χ0v) is 11.3. The molecular weight excluding hydrogens is 278 g/mol. The largest absolute Gasteiger partial charge is 0.302 e. The topological polar surface area (TPSA) is 99.8 Å². The van der Waals surface area contributed by atoms with Crippen molar-refractivity contribution in [3.8, 4) is 0 Å². The molecule has 2 heterocycles. The second-order valence-corrected chi connectivity index (χ2v) is 4.27. The van der Waals surface area contributed by atoms with Crippen LogP contribution in [-0.2, 0) is 0 Å². The summed E-state index contributed by atoms with van der Waals surface area (Å²) in [5.74, 6) is -0.278. The molecule has 102 valence electrons. The Kier molecular flexibility index (Phi) is 4.16. The molecule has 20 heavy (non-hydrogen) atoms. The molecule has 0 fully saturated rings. The number of nitrogens with one attached hydrogen (secondary N) is 3. The molecule has 0 spiro atoms. The van der Waals surface area contributed by atoms with E-state index in [2.05, 4.69) is 25.6 Å². The number of aromatic amines is 1. The highest BCUT2D eigenvalue weighted by Gasteiger charge is 2.09. The van der Waals surface area contributed by atoms with Gasteiger partial charge in [-0.1, -0.05) is 6.07 Å². The van der Waals surface area contributed by atoms with Gasteiger partial charge in [0.15, 0.2) is 5.11 Å². The van der Waals surface area contributed by atoms with Crippen LogP contribution in [0, 0.1) is 6.92 Å². The van der Waals surface area contributed by atoms with Crippen LogP contribution < -0.4 is 16.2 Å². The van der Waals surface area contributed by atoms with Crippen LogP contribution >= 0.6 is 12.2 Å². The Morgan fingerprint density at radius 3 is 2.85 bits per heavy atom. The van der Waals surface area contributed by atoms with Gasteiger partial charge in [0.2, 0.25) is 5.95 Å². The van der Waals surface area contributed by atoms with Crippen molar-refractivity contribution >= 4 is 29.2 Å². The summed E-state index contributed by atoms with van der Waals surface area (Å²) in [6, 6.07) is 6.30. The van der Waals surface area contributed by atoms with E-state index in [9.17, 15) is 9.59 Å². The summed E-state index contributed by atoms with van der Waals surface area (Å²) in [5, 5.41) is 5.09. The van der Waals surface area contributed by atoms with E-state index in [4.69, 9.17) is 12.2 Å². The van der Waals surface area contributed by atoms with Crippen LogP contribution in [0.2, 0.25) is 0 Å². The maximum absolute atomic E-state index is 11.8. The molecule has 0 atom stereocenters. The molecular formula is C12H11N5O2S. The predicted molar refractivity (Wildman–Crippen MR) is 77.5 cm³/mol. The molecule has 0 saturated heterocycles. The molecule has 0 aliphatic rings. The molecule has 0 radical (unpaired) electrons. The molecule has 0 aliphatic heterocycles. The molecule has 0 aromatic carbocycles. The average Bonchev–Trinajstić information content (AvgIpc) is 2.38. The molecule has 2 aromatic rings. The number of hydrogen-bond acceptors (Lipinski definition) is 5. The first-order valence-corrected chi connectivity index (χ1v) is 6.07. The van der Waals surface area contributed by atoms with Gasteiger partial charge in [-0.25, -0.2) is 4.98 Å². The Balaban J connectivity index is 2.02. The third-order valence-corrected chi connectivity index (χ3v) is 2.43. The van der Waals surface area contributed by atoms with Crippen molar-refractivity contribution in [3.05, 3.63) is 52.2 Å². The molecule has 2 rings (SSSR count). The van der Waals surface area contributed by atoms with Gasteiger partial charge >= 0.3 is 0 Å². The van der Waals surface area contributed by atoms with Crippen LogP contribution in [0.3, 0.4) is 0 Å². The SMILES string of the molecule is Cc1cc(=O)[nH]c(NC(=S)NC(=O)c2ccccn2)n1. The first kappa shape index (κ1) is 13.8. The van der Waals surface area contributed by atoms with E-state index in [0.717, 1.165) is 0 Å². The normalized spacial score (nSPS) is 9.85. The summed E-state index contributed by atoms with van der Waals surface area (Å²) in [6.07, 6.45) is 1.50. The third kappa shape index (κ3) is 3.69. The Labute approximate surface area is 119 Å². The molecule has 0 bridgehead atoms. The molecule has 0 unspecified atom stereocenters. The number of nitrogens with zero attached hydrogens (tertiary/aromatic N) is 2. The van der Waals surface area contributed by atoms with E-state index in [1.165, 1.54) is 12.3 Å². The lowest BCUT2D eigenvalue weighted by Crippen LogP contribution is -2.35. The lowest BCUT2D eigenvalue weighted by molar-refractivity contribution is 0.0973. The number of hydrogen-bond donors (Lipinski definition) is 3. The van der Waals surface area contributed by atoms with Crippen LogP contribution in [-0.4, -0.2) is 26.0 Å². The van der Waals surface area contributed by atoms with E-state index in [1.54, 1.807) is 25.1 Å². The first-order valence-electron chi connectivity index (χ1n) is 5.66. The summed E-state index contributed by atoms with van der Waals surface area (Å²) in [5.41, 5.74) is 0.469. The minimum absolute atomic E-state index is 0.0226. The summed E-state index contributed by atoms with van der Waals surface area (Å²) < 4.78 is 0. The van der Waals surface area contributed by atoms with Crippen LogP contribution in [0.4, 0.5) is 5.95 Å². The number of rotatable bonds is 2. The first-order chi connectivity index (χ1) is 9.54. The number of carbonyl (C=O) groups is 1. The zero-order chi connectivity index (χ0) is 14.5. The second kappa shape index (κ2) is 6.02. The maximum atomic E-state index is 11.8. The van der Waals surface area contributed by atoms with Crippen molar-refractivity contribution < 1.29 is 4.79 Å². The van der Waals surface area contributed by atoms with E-state index < -0.39 is 5.91 Å². The fraction of sp³-hybridized carbons (Fsp3) is 0.0833. The minimum atomic E-state index is -0.446. The van der Waals surface area contributed by atoms with Gasteiger partial charge in [-0.05, 0) is 31.3 Å². The fourth-order valence-electron chi connectivity index (χ4n) is 1.44. The van der Waals surface area contributed by atoms with Gasteiger partial charge in [-0.2, -0.15) is 0 Å². The fourth-order valence-corrected chi connectivity index (χ4v) is 1.63. The van der Waals surface area contributed by atoms with Crippen molar-refractivity contribution in [1.29, 1.82) is 0 Å². The molecule has 2 aromatic heterocycles. The average molecular weight is 289 g/mol. The molecule has 1 amide bonds. The highest BCUT2D eigenvalue weighted by atomic mass is 32.1. The molecule has 0 aliphatic carbocycles. The number of thiocarbonyl (C=S) groups is 1. The maximum Gasteiger partial charge on any atom is 0.275 e. The highest BCUT2D eigenvalue weighted by molar-refractivity contribution is 7.80. The number of aromatic nitrogens is 3. The van der Waals surface area contributed by atoms with Gasteiger partial charge < -0.3 is 5.32 Å². The number of aryl methyl sites for hydroxylation is 1. The number of carbonyl (C=O) groups excluding carboxylic acids is 1. The van der Waals surface area contributed by atoms with Gasteiger partial charge in [-0.3, -0.25) is 24.9 Å². The van der Waals surface area contributed by atoms with E-state index >= 15 is 0 Å². The molecule has 8 heteroatoms. The number of H-pyrrole nitrogens is 1. The van der Waals surface area contributed by atoms with Crippen molar-refractivity contribution in [1.82, 2.24) is 20.3 Å². The van der Waals surface area contributed by atoms with Gasteiger partial charge in [0.1, 0.15) is 5.69 Å². The quantitative estimate of drug-likeness (QED) is 0.700. The Bertz CT molecular complexity index is 698. The van der Waals surface area contributed by atoms with Crippen molar-refractivity contribution in [3.63, 3.8) is 0 Å². The summed E-state index contributed by atoms with van der Waals surface area (Å²) in [6.45, 7) is 1.68. The van der Waals surface area contributed by atoms with Crippen LogP contribution in [0.1, 0.15) is 16.2 Å². The molecule has 0 saturated carbocycles. The molecule has 3 N–H and O–H groups in total. The smallest absolute Gasteiger partial charge is 0.275 e. The summed E-state index contributed by atoms with van der Waals surface area (Å²) in [4.78, 5) is 33.4. The van der Waals surface area contributed by atoms with Crippen molar-refractivity contribution in [2.45, 2.75) is 6.92 Å². The third-order valence-electron chi connectivity index (χ3n) is 2.23. The monoisotopic (exact) mass is 289 g/mol. The summed E-state index contributed by atoms with van der Waals surface area (Å²) >= 11 is 4.97.